The molecule has 2 aliphatic rings. The summed E-state index contributed by atoms with van der Waals surface area (Å²) in [4.78, 5) is 25.2. The second-order valence-corrected chi connectivity index (χ2v) is 9.21. The summed E-state index contributed by atoms with van der Waals surface area (Å²) < 4.78 is 66.2. The van der Waals surface area contributed by atoms with Gasteiger partial charge in [0.25, 0.3) is 20.2 Å². The topological polar surface area (TPSA) is 200 Å². The third kappa shape index (κ3) is 2.59. The molecule has 11 nitrogen and oxygen atoms in total. The maximum Gasteiger partial charge on any atom is 0.275 e. The van der Waals surface area contributed by atoms with Gasteiger partial charge in [-0.2, -0.15) is 16.8 Å². The predicted molar refractivity (Wildman–Crippen MR) is 87.5 cm³/mol. The summed E-state index contributed by atoms with van der Waals surface area (Å²) >= 11 is 0. The van der Waals surface area contributed by atoms with Gasteiger partial charge in [-0.3, -0.25) is 18.7 Å². The molecule has 142 valence electrons. The Morgan fingerprint density at radius 3 is 2.23 bits per heavy atom. The molecule has 0 amide bonds. The van der Waals surface area contributed by atoms with E-state index in [0.29, 0.717) is 0 Å². The molecule has 1 aromatic rings. The summed E-state index contributed by atoms with van der Waals surface area (Å²) in [5.74, 6) is -2.69. The van der Waals surface area contributed by atoms with Crippen molar-refractivity contribution in [3.05, 3.63) is 33.8 Å². The first-order chi connectivity index (χ1) is 11.8. The van der Waals surface area contributed by atoms with Gasteiger partial charge in [-0.1, -0.05) is 0 Å². The number of aromatic nitrogens is 1. The quantitative estimate of drug-likeness (QED) is 0.441. The van der Waals surface area contributed by atoms with Gasteiger partial charge >= 0.3 is 0 Å². The smallest absolute Gasteiger partial charge is 0.275 e. The number of fused-ring (bicyclic) bond motifs is 3. The van der Waals surface area contributed by atoms with Crippen LogP contribution < -0.4 is 11.5 Å². The SMILES string of the molecule is CC1=C(N)C(=O)c2c(CS(=O)(=O)O)c3n(c2C1=O)C[C@H](N)[C@H]3S(=O)(=O)O. The van der Waals surface area contributed by atoms with Gasteiger partial charge in [-0.25, -0.2) is 0 Å². The average molecular weight is 405 g/mol. The molecule has 1 aliphatic heterocycles. The standard InChI is InChI=1S/C13H15N3O8S2/c1-4-8(15)12(18)7-5(3-25(19,20)21)9-13(26(22,23)24)6(14)2-16(9)10(7)11(4)17/h6,13H,2-3,14-15H2,1H3,(H,19,20,21)(H,22,23,24)/t6-,13+/m0/s1. The fourth-order valence-corrected chi connectivity index (χ4v) is 5.23. The minimum absolute atomic E-state index is 0.0786. The first-order valence-corrected chi connectivity index (χ1v) is 10.3. The van der Waals surface area contributed by atoms with Crippen LogP contribution in [-0.2, 0) is 32.5 Å². The number of hydrogen-bond acceptors (Lipinski definition) is 8. The maximum absolute atomic E-state index is 12.6. The lowest BCUT2D eigenvalue weighted by molar-refractivity contribution is 0.0967. The Hall–Kier alpha value is -2.06. The van der Waals surface area contributed by atoms with Crippen molar-refractivity contribution < 1.29 is 35.5 Å². The first-order valence-electron chi connectivity index (χ1n) is 7.23. The van der Waals surface area contributed by atoms with Crippen molar-refractivity contribution in [3.63, 3.8) is 0 Å². The zero-order valence-electron chi connectivity index (χ0n) is 13.3. The van der Waals surface area contributed by atoms with Crippen molar-refractivity contribution in [2.24, 2.45) is 11.5 Å². The normalized spacial score (nSPS) is 23.4. The minimum Gasteiger partial charge on any atom is -0.395 e. The van der Waals surface area contributed by atoms with Crippen molar-refractivity contribution >= 4 is 31.8 Å². The Morgan fingerprint density at radius 2 is 1.73 bits per heavy atom. The first kappa shape index (κ1) is 18.7. The number of carbonyl (C=O) groups is 2. The van der Waals surface area contributed by atoms with Gasteiger partial charge in [0.05, 0.1) is 11.3 Å². The second-order valence-electron chi connectivity index (χ2n) is 6.22. The molecule has 6 N–H and O–H groups in total. The fourth-order valence-electron chi connectivity index (χ4n) is 3.49. The molecule has 0 bridgehead atoms. The van der Waals surface area contributed by atoms with E-state index in [1.165, 1.54) is 6.92 Å². The molecule has 26 heavy (non-hydrogen) atoms. The number of rotatable bonds is 3. The molecule has 0 saturated heterocycles. The number of nitrogens with two attached hydrogens (primary N) is 2. The Kier molecular flexibility index (Phi) is 3.94. The number of nitrogens with zero attached hydrogens (tertiary/aromatic N) is 1. The van der Waals surface area contributed by atoms with Crippen LogP contribution in [-0.4, -0.2) is 48.1 Å². The number of allylic oxidation sites excluding steroid dienone is 2. The van der Waals surface area contributed by atoms with Crippen LogP contribution in [0, 0.1) is 0 Å². The molecule has 1 aliphatic carbocycles. The lowest BCUT2D eigenvalue weighted by Gasteiger charge is -2.18. The molecular weight excluding hydrogens is 390 g/mol. The molecule has 2 heterocycles. The van der Waals surface area contributed by atoms with E-state index in [-0.39, 0.29) is 23.5 Å². The molecule has 13 heteroatoms. The molecular formula is C13H15N3O8S2. The summed E-state index contributed by atoms with van der Waals surface area (Å²) in [7, 11) is -9.51. The van der Waals surface area contributed by atoms with E-state index in [1.54, 1.807) is 0 Å². The molecule has 2 atom stereocenters. The van der Waals surface area contributed by atoms with Gasteiger partial charge in [0, 0.05) is 29.4 Å². The highest BCUT2D eigenvalue weighted by Crippen LogP contribution is 2.42. The molecule has 0 unspecified atom stereocenters. The third-order valence-electron chi connectivity index (χ3n) is 4.54. The van der Waals surface area contributed by atoms with Crippen LogP contribution in [0.4, 0.5) is 0 Å². The minimum atomic E-state index is -4.79. The van der Waals surface area contributed by atoms with Gasteiger partial charge in [-0.05, 0) is 6.92 Å². The molecule has 0 fully saturated rings. The number of hydrogen-bond donors (Lipinski definition) is 4. The van der Waals surface area contributed by atoms with Gasteiger partial charge in [0.1, 0.15) is 16.7 Å². The number of carbonyl (C=O) groups excluding carboxylic acids is 2. The Bertz CT molecular complexity index is 1110. The van der Waals surface area contributed by atoms with E-state index in [0.717, 1.165) is 4.57 Å². The van der Waals surface area contributed by atoms with Crippen molar-refractivity contribution in [2.45, 2.75) is 30.5 Å². The highest BCUT2D eigenvalue weighted by molar-refractivity contribution is 7.86. The van der Waals surface area contributed by atoms with Crippen molar-refractivity contribution in [2.75, 3.05) is 0 Å². The summed E-state index contributed by atoms with van der Waals surface area (Å²) in [6, 6.07) is -1.18. The molecule has 0 spiro atoms. The van der Waals surface area contributed by atoms with Crippen molar-refractivity contribution in [3.8, 4) is 0 Å². The molecule has 1 aromatic heterocycles. The fraction of sp³-hybridized carbons (Fsp3) is 0.385. The zero-order valence-corrected chi connectivity index (χ0v) is 15.0. The lowest BCUT2D eigenvalue weighted by Crippen LogP contribution is -2.33. The van der Waals surface area contributed by atoms with Crippen molar-refractivity contribution in [1.29, 1.82) is 0 Å². The number of ketones is 2. The van der Waals surface area contributed by atoms with Gasteiger partial charge in [-0.15, -0.1) is 0 Å². The van der Waals surface area contributed by atoms with Crippen LogP contribution >= 0.6 is 0 Å². The summed E-state index contributed by atoms with van der Waals surface area (Å²) in [5.41, 5.74) is 9.53. The molecule has 0 aromatic carbocycles. The summed E-state index contributed by atoms with van der Waals surface area (Å²) in [5, 5.41) is -1.76. The maximum atomic E-state index is 12.6. The molecule has 0 saturated carbocycles. The van der Waals surface area contributed by atoms with E-state index in [4.69, 9.17) is 11.5 Å². The van der Waals surface area contributed by atoms with Crippen LogP contribution in [0.25, 0.3) is 0 Å². The highest BCUT2D eigenvalue weighted by Gasteiger charge is 2.48. The van der Waals surface area contributed by atoms with Crippen LogP contribution in [0.15, 0.2) is 11.3 Å². The average Bonchev–Trinajstić information content (AvgIpc) is 2.95. The van der Waals surface area contributed by atoms with Gasteiger partial charge in [0.2, 0.25) is 11.6 Å². The Morgan fingerprint density at radius 1 is 1.15 bits per heavy atom. The highest BCUT2D eigenvalue weighted by atomic mass is 32.2. The van der Waals surface area contributed by atoms with Gasteiger partial charge < -0.3 is 16.0 Å². The lowest BCUT2D eigenvalue weighted by atomic mass is 9.90. The van der Waals surface area contributed by atoms with Crippen LogP contribution in [0.2, 0.25) is 0 Å². The third-order valence-corrected chi connectivity index (χ3v) is 6.41. The molecule has 0 radical (unpaired) electrons. The largest absolute Gasteiger partial charge is 0.395 e. The Balaban J connectivity index is 2.43. The summed E-state index contributed by atoms with van der Waals surface area (Å²) in [6.45, 7) is 1.05. The van der Waals surface area contributed by atoms with Gasteiger partial charge in [0.15, 0.2) is 0 Å². The summed E-state index contributed by atoms with van der Waals surface area (Å²) in [6.07, 6.45) is 0. The van der Waals surface area contributed by atoms with E-state index in [1.807, 2.05) is 0 Å². The van der Waals surface area contributed by atoms with Crippen molar-refractivity contribution in [1.82, 2.24) is 4.57 Å². The number of Topliss-reactive ketones (excluding diaryl/α,β-unsaturated/α-hetero) is 2. The zero-order chi connectivity index (χ0) is 19.8. The predicted octanol–water partition coefficient (Wildman–Crippen LogP) is -1.24. The van der Waals surface area contributed by atoms with E-state index in [2.05, 4.69) is 0 Å². The second kappa shape index (κ2) is 5.47. The molecule has 3 rings (SSSR count). The van der Waals surface area contributed by atoms with E-state index < -0.39 is 65.7 Å². The van der Waals surface area contributed by atoms with Crippen LogP contribution in [0.1, 0.15) is 44.3 Å². The van der Waals surface area contributed by atoms with E-state index >= 15 is 0 Å². The van der Waals surface area contributed by atoms with E-state index in [9.17, 15) is 35.5 Å². The Labute approximate surface area is 148 Å². The monoisotopic (exact) mass is 405 g/mol. The van der Waals surface area contributed by atoms with Crippen LogP contribution in [0.5, 0.6) is 0 Å². The van der Waals surface area contributed by atoms with Crippen LogP contribution in [0.3, 0.4) is 0 Å².